The molecule has 1 aromatic carbocycles. The van der Waals surface area contributed by atoms with Crippen LogP contribution in [0.3, 0.4) is 0 Å². The van der Waals surface area contributed by atoms with Gasteiger partial charge in [0, 0.05) is 0 Å². The first-order chi connectivity index (χ1) is 8.61. The maximum absolute atomic E-state index is 5.82. The molecule has 0 unspecified atom stereocenters. The van der Waals surface area contributed by atoms with Crippen molar-refractivity contribution in [1.82, 2.24) is 9.97 Å². The third-order valence-corrected chi connectivity index (χ3v) is 2.65. The van der Waals surface area contributed by atoms with Gasteiger partial charge in [-0.2, -0.15) is 4.98 Å². The predicted octanol–water partition coefficient (Wildman–Crippen LogP) is 2.48. The number of benzene rings is 1. The molecule has 3 N–H and O–H groups in total. The summed E-state index contributed by atoms with van der Waals surface area (Å²) in [7, 11) is 0. The quantitative estimate of drug-likeness (QED) is 0.641. The van der Waals surface area contributed by atoms with E-state index in [1.54, 1.807) is 6.92 Å². The Morgan fingerprint density at radius 3 is 2.50 bits per heavy atom. The lowest BCUT2D eigenvalue weighted by molar-refractivity contribution is 0.452. The van der Waals surface area contributed by atoms with Gasteiger partial charge in [0.1, 0.15) is 17.4 Å². The van der Waals surface area contributed by atoms with Crippen molar-refractivity contribution < 1.29 is 4.74 Å². The lowest BCUT2D eigenvalue weighted by atomic mass is 10.2. The average Bonchev–Trinajstić information content (AvgIpc) is 2.36. The maximum Gasteiger partial charge on any atom is 0.227 e. The van der Waals surface area contributed by atoms with Crippen molar-refractivity contribution in [2.45, 2.75) is 20.8 Å². The van der Waals surface area contributed by atoms with Gasteiger partial charge < -0.3 is 10.2 Å². The Labute approximate surface area is 106 Å². The summed E-state index contributed by atoms with van der Waals surface area (Å²) in [4.78, 5) is 8.48. The van der Waals surface area contributed by atoms with Gasteiger partial charge >= 0.3 is 0 Å². The highest BCUT2D eigenvalue weighted by atomic mass is 16.5. The number of hydrazine groups is 1. The fraction of sp³-hybridized carbons (Fsp3) is 0.231. The molecule has 0 saturated heterocycles. The predicted molar refractivity (Wildman–Crippen MR) is 70.6 cm³/mol. The van der Waals surface area contributed by atoms with E-state index >= 15 is 0 Å². The van der Waals surface area contributed by atoms with Crippen molar-refractivity contribution >= 4 is 5.82 Å². The summed E-state index contributed by atoms with van der Waals surface area (Å²) in [6.07, 6.45) is 0. The van der Waals surface area contributed by atoms with E-state index in [9.17, 15) is 0 Å². The van der Waals surface area contributed by atoms with Gasteiger partial charge in [0.05, 0.1) is 5.56 Å². The summed E-state index contributed by atoms with van der Waals surface area (Å²) >= 11 is 0. The Balaban J connectivity index is 2.40. The van der Waals surface area contributed by atoms with E-state index in [4.69, 9.17) is 10.6 Å². The summed E-state index contributed by atoms with van der Waals surface area (Å²) < 4.78 is 5.82. The smallest absolute Gasteiger partial charge is 0.227 e. The third kappa shape index (κ3) is 2.41. The topological polar surface area (TPSA) is 73.1 Å². The number of rotatable bonds is 3. The number of anilines is 1. The molecule has 0 spiro atoms. The van der Waals surface area contributed by atoms with Gasteiger partial charge in [-0.25, -0.2) is 10.8 Å². The number of hydrogen-bond acceptors (Lipinski definition) is 5. The van der Waals surface area contributed by atoms with Crippen LogP contribution in [-0.2, 0) is 0 Å². The molecule has 0 fully saturated rings. The third-order valence-electron chi connectivity index (χ3n) is 2.65. The highest BCUT2D eigenvalue weighted by Crippen LogP contribution is 2.28. The molecular formula is C13H16N4O. The minimum absolute atomic E-state index is 0.518. The maximum atomic E-state index is 5.82. The van der Waals surface area contributed by atoms with Crippen LogP contribution in [0.15, 0.2) is 24.3 Å². The molecule has 2 aromatic rings. The molecule has 5 heteroatoms. The highest BCUT2D eigenvalue weighted by molar-refractivity contribution is 5.49. The molecule has 0 aliphatic carbocycles. The molecule has 0 bridgehead atoms. The van der Waals surface area contributed by atoms with Crippen LogP contribution in [0.25, 0.3) is 0 Å². The zero-order valence-corrected chi connectivity index (χ0v) is 10.7. The summed E-state index contributed by atoms with van der Waals surface area (Å²) in [6, 6.07) is 7.78. The van der Waals surface area contributed by atoms with Gasteiger partial charge in [-0.3, -0.25) is 0 Å². The van der Waals surface area contributed by atoms with Crippen LogP contribution in [0.4, 0.5) is 5.82 Å². The summed E-state index contributed by atoms with van der Waals surface area (Å²) in [6.45, 7) is 5.65. The Kier molecular flexibility index (Phi) is 3.43. The normalized spacial score (nSPS) is 10.2. The largest absolute Gasteiger partial charge is 0.438 e. The summed E-state index contributed by atoms with van der Waals surface area (Å²) in [5, 5.41) is 0. The van der Waals surface area contributed by atoms with E-state index < -0.39 is 0 Å². The molecule has 1 heterocycles. The summed E-state index contributed by atoms with van der Waals surface area (Å²) in [5.74, 6) is 7.90. The number of nitrogens with one attached hydrogen (secondary N) is 1. The Morgan fingerprint density at radius 2 is 1.83 bits per heavy atom. The van der Waals surface area contributed by atoms with Gasteiger partial charge in [-0.1, -0.05) is 18.2 Å². The van der Waals surface area contributed by atoms with Crippen molar-refractivity contribution in [2.75, 3.05) is 5.43 Å². The lowest BCUT2D eigenvalue weighted by Gasteiger charge is -2.12. The zero-order chi connectivity index (χ0) is 13.1. The summed E-state index contributed by atoms with van der Waals surface area (Å²) in [5.41, 5.74) is 4.38. The van der Waals surface area contributed by atoms with Crippen molar-refractivity contribution in [2.24, 2.45) is 5.84 Å². The van der Waals surface area contributed by atoms with Crippen LogP contribution >= 0.6 is 0 Å². The van der Waals surface area contributed by atoms with Gasteiger partial charge in [0.15, 0.2) is 0 Å². The van der Waals surface area contributed by atoms with Crippen LogP contribution in [0.2, 0.25) is 0 Å². The van der Waals surface area contributed by atoms with E-state index in [1.807, 2.05) is 38.1 Å². The highest BCUT2D eigenvalue weighted by Gasteiger charge is 2.11. The van der Waals surface area contributed by atoms with Gasteiger partial charge in [0.25, 0.3) is 0 Å². The van der Waals surface area contributed by atoms with Crippen molar-refractivity contribution in [3.8, 4) is 11.6 Å². The molecular weight excluding hydrogens is 228 g/mol. The van der Waals surface area contributed by atoms with Crippen LogP contribution in [-0.4, -0.2) is 9.97 Å². The van der Waals surface area contributed by atoms with E-state index in [0.29, 0.717) is 17.5 Å². The van der Waals surface area contributed by atoms with E-state index in [1.165, 1.54) is 0 Å². The second-order valence-corrected chi connectivity index (χ2v) is 4.06. The number of nitrogens with two attached hydrogens (primary N) is 1. The molecule has 18 heavy (non-hydrogen) atoms. The number of nitrogen functional groups attached to an aromatic ring is 1. The Bertz CT molecular complexity index is 569. The van der Waals surface area contributed by atoms with Crippen LogP contribution in [0.1, 0.15) is 17.0 Å². The minimum Gasteiger partial charge on any atom is -0.438 e. The number of hydrogen-bond donors (Lipinski definition) is 2. The van der Waals surface area contributed by atoms with Crippen molar-refractivity contribution in [1.29, 1.82) is 0 Å². The molecule has 5 nitrogen and oxygen atoms in total. The molecule has 94 valence electrons. The van der Waals surface area contributed by atoms with Crippen LogP contribution in [0, 0.1) is 20.8 Å². The molecule has 0 aliphatic rings. The zero-order valence-electron chi connectivity index (χ0n) is 10.7. The molecule has 2 rings (SSSR count). The minimum atomic E-state index is 0.518. The van der Waals surface area contributed by atoms with E-state index in [-0.39, 0.29) is 0 Å². The molecule has 0 saturated carbocycles. The molecule has 0 aliphatic heterocycles. The molecule has 0 amide bonds. The fourth-order valence-electron chi connectivity index (χ4n) is 1.62. The number of aromatic nitrogens is 2. The van der Waals surface area contributed by atoms with Gasteiger partial charge in [-0.15, -0.1) is 0 Å². The number of para-hydroxylation sites is 1. The second-order valence-electron chi connectivity index (χ2n) is 4.06. The SMILES string of the molecule is Cc1nc(NN)c(C)c(Oc2ccccc2C)n1. The Morgan fingerprint density at radius 1 is 1.11 bits per heavy atom. The molecule has 1 aromatic heterocycles. The first kappa shape index (κ1) is 12.3. The molecule has 0 atom stereocenters. The van der Waals surface area contributed by atoms with Gasteiger partial charge in [0.2, 0.25) is 5.88 Å². The van der Waals surface area contributed by atoms with Gasteiger partial charge in [-0.05, 0) is 32.4 Å². The number of aryl methyl sites for hydroxylation is 2. The van der Waals surface area contributed by atoms with Crippen LogP contribution < -0.4 is 16.0 Å². The first-order valence-corrected chi connectivity index (χ1v) is 5.67. The van der Waals surface area contributed by atoms with Crippen LogP contribution in [0.5, 0.6) is 11.6 Å². The number of nitrogens with zero attached hydrogens (tertiary/aromatic N) is 2. The second kappa shape index (κ2) is 5.01. The monoisotopic (exact) mass is 244 g/mol. The van der Waals surface area contributed by atoms with E-state index in [0.717, 1.165) is 16.9 Å². The average molecular weight is 244 g/mol. The Hall–Kier alpha value is -2.14. The molecule has 0 radical (unpaired) electrons. The van der Waals surface area contributed by atoms with E-state index in [2.05, 4.69) is 15.4 Å². The lowest BCUT2D eigenvalue weighted by Crippen LogP contribution is -2.12. The first-order valence-electron chi connectivity index (χ1n) is 5.67. The fourth-order valence-corrected chi connectivity index (χ4v) is 1.62. The number of ether oxygens (including phenoxy) is 1. The standard InChI is InChI=1S/C13H16N4O/c1-8-6-4-5-7-11(8)18-13-9(2)12(17-14)15-10(3)16-13/h4-7H,14H2,1-3H3,(H,15,16,17). The van der Waals surface area contributed by atoms with Crippen molar-refractivity contribution in [3.63, 3.8) is 0 Å². The van der Waals surface area contributed by atoms with Crippen molar-refractivity contribution in [3.05, 3.63) is 41.2 Å².